The molecular weight excluding hydrogens is 300 g/mol. The summed E-state index contributed by atoms with van der Waals surface area (Å²) in [7, 11) is 1.68. The number of aromatic nitrogens is 1. The van der Waals surface area contributed by atoms with Crippen molar-refractivity contribution in [3.8, 4) is 11.5 Å². The normalized spacial score (nSPS) is 16.8. The van der Waals surface area contributed by atoms with E-state index in [0.29, 0.717) is 6.61 Å². The van der Waals surface area contributed by atoms with E-state index in [0.717, 1.165) is 24.5 Å². The smallest absolute Gasteiger partial charge is 0.161 e. The topological polar surface area (TPSA) is 46.3 Å². The van der Waals surface area contributed by atoms with Gasteiger partial charge in [-0.15, -0.1) is 0 Å². The summed E-state index contributed by atoms with van der Waals surface area (Å²) in [6.45, 7) is 3.57. The third kappa shape index (κ3) is 2.43. The molecular formula is C20H22N2O2. The van der Waals surface area contributed by atoms with Crippen LogP contribution < -0.4 is 14.8 Å². The maximum Gasteiger partial charge on any atom is 0.161 e. The first-order chi connectivity index (χ1) is 11.8. The Morgan fingerprint density at radius 2 is 2.00 bits per heavy atom. The molecule has 0 amide bonds. The van der Waals surface area contributed by atoms with Crippen molar-refractivity contribution >= 4 is 10.9 Å². The third-order valence-corrected chi connectivity index (χ3v) is 4.68. The highest BCUT2D eigenvalue weighted by Gasteiger charge is 2.25. The molecule has 2 aromatic carbocycles. The van der Waals surface area contributed by atoms with Gasteiger partial charge in [0.1, 0.15) is 0 Å². The summed E-state index contributed by atoms with van der Waals surface area (Å²) in [6, 6.07) is 14.9. The standard InChI is InChI=1S/C20H22N2O2/c1-3-24-17-9-8-13(12-18(17)23-2)19-20-15(10-11-21-19)14-6-4-5-7-16(14)22-20/h4-9,12,19,21-22H,3,10-11H2,1-2H3. The maximum atomic E-state index is 5.63. The molecule has 0 aliphatic carbocycles. The van der Waals surface area contributed by atoms with E-state index in [2.05, 4.69) is 46.7 Å². The number of fused-ring (bicyclic) bond motifs is 3. The van der Waals surface area contributed by atoms with Crippen LogP contribution in [0.25, 0.3) is 10.9 Å². The molecule has 4 heteroatoms. The van der Waals surface area contributed by atoms with Gasteiger partial charge in [0.05, 0.1) is 19.8 Å². The minimum Gasteiger partial charge on any atom is -0.493 e. The largest absolute Gasteiger partial charge is 0.493 e. The van der Waals surface area contributed by atoms with Gasteiger partial charge in [-0.2, -0.15) is 0 Å². The minimum atomic E-state index is 0.144. The molecule has 0 spiro atoms. The zero-order valence-electron chi connectivity index (χ0n) is 14.1. The molecule has 1 aliphatic heterocycles. The second-order valence-electron chi connectivity index (χ2n) is 6.04. The van der Waals surface area contributed by atoms with Crippen molar-refractivity contribution in [3.63, 3.8) is 0 Å². The average molecular weight is 322 g/mol. The molecule has 1 aromatic heterocycles. The maximum absolute atomic E-state index is 5.63. The van der Waals surface area contributed by atoms with Gasteiger partial charge in [0.15, 0.2) is 11.5 Å². The first-order valence-corrected chi connectivity index (χ1v) is 8.45. The predicted molar refractivity (Wildman–Crippen MR) is 96.0 cm³/mol. The minimum absolute atomic E-state index is 0.144. The van der Waals surface area contributed by atoms with Gasteiger partial charge in [0, 0.05) is 23.1 Å². The van der Waals surface area contributed by atoms with Crippen molar-refractivity contribution in [3.05, 3.63) is 59.3 Å². The quantitative estimate of drug-likeness (QED) is 0.768. The number of para-hydroxylation sites is 1. The van der Waals surface area contributed by atoms with Gasteiger partial charge in [-0.3, -0.25) is 0 Å². The average Bonchev–Trinajstić information content (AvgIpc) is 3.01. The number of methoxy groups -OCH3 is 1. The van der Waals surface area contributed by atoms with E-state index in [1.54, 1.807) is 7.11 Å². The lowest BCUT2D eigenvalue weighted by atomic mass is 9.94. The highest BCUT2D eigenvalue weighted by molar-refractivity contribution is 5.85. The summed E-state index contributed by atoms with van der Waals surface area (Å²) >= 11 is 0. The van der Waals surface area contributed by atoms with Crippen LogP contribution in [0.4, 0.5) is 0 Å². The van der Waals surface area contributed by atoms with Crippen LogP contribution in [0.5, 0.6) is 11.5 Å². The van der Waals surface area contributed by atoms with Gasteiger partial charge in [-0.05, 0) is 42.7 Å². The molecule has 4 rings (SSSR count). The van der Waals surface area contributed by atoms with E-state index in [1.807, 2.05) is 13.0 Å². The molecule has 0 radical (unpaired) electrons. The van der Waals surface area contributed by atoms with Crippen molar-refractivity contribution < 1.29 is 9.47 Å². The van der Waals surface area contributed by atoms with Crippen molar-refractivity contribution in [1.82, 2.24) is 10.3 Å². The van der Waals surface area contributed by atoms with Gasteiger partial charge in [-0.25, -0.2) is 0 Å². The van der Waals surface area contributed by atoms with Crippen LogP contribution in [0.15, 0.2) is 42.5 Å². The van der Waals surface area contributed by atoms with E-state index >= 15 is 0 Å². The molecule has 0 saturated carbocycles. The first kappa shape index (κ1) is 15.1. The molecule has 0 bridgehead atoms. The number of nitrogens with one attached hydrogen (secondary N) is 2. The second-order valence-corrected chi connectivity index (χ2v) is 6.04. The zero-order valence-corrected chi connectivity index (χ0v) is 14.1. The molecule has 1 aliphatic rings. The highest BCUT2D eigenvalue weighted by atomic mass is 16.5. The SMILES string of the molecule is CCOc1ccc(C2NCCc3c2[nH]c2ccccc32)cc1OC. The molecule has 1 atom stereocenters. The molecule has 3 aromatic rings. The van der Waals surface area contributed by atoms with Crippen LogP contribution >= 0.6 is 0 Å². The Morgan fingerprint density at radius 3 is 2.83 bits per heavy atom. The fourth-order valence-electron chi connectivity index (χ4n) is 3.60. The molecule has 0 fully saturated rings. The Kier molecular flexibility index (Phi) is 3.90. The molecule has 2 N–H and O–H groups in total. The molecule has 2 heterocycles. The number of hydrogen-bond donors (Lipinski definition) is 2. The van der Waals surface area contributed by atoms with Crippen LogP contribution in [-0.2, 0) is 6.42 Å². The Hall–Kier alpha value is -2.46. The number of ether oxygens (including phenoxy) is 2. The number of hydrogen-bond acceptors (Lipinski definition) is 3. The van der Waals surface area contributed by atoms with Gasteiger partial charge in [-0.1, -0.05) is 24.3 Å². The van der Waals surface area contributed by atoms with Gasteiger partial charge in [0.2, 0.25) is 0 Å². The monoisotopic (exact) mass is 322 g/mol. The zero-order chi connectivity index (χ0) is 16.5. The highest BCUT2D eigenvalue weighted by Crippen LogP contribution is 2.36. The predicted octanol–water partition coefficient (Wildman–Crippen LogP) is 3.81. The van der Waals surface area contributed by atoms with Crippen LogP contribution in [0, 0.1) is 0 Å². The van der Waals surface area contributed by atoms with E-state index in [1.165, 1.54) is 27.7 Å². The number of aromatic amines is 1. The third-order valence-electron chi connectivity index (χ3n) is 4.68. The lowest BCUT2D eigenvalue weighted by molar-refractivity contribution is 0.310. The Morgan fingerprint density at radius 1 is 1.12 bits per heavy atom. The van der Waals surface area contributed by atoms with Crippen LogP contribution in [0.2, 0.25) is 0 Å². The fourth-order valence-corrected chi connectivity index (χ4v) is 3.60. The van der Waals surface area contributed by atoms with Crippen molar-refractivity contribution in [2.24, 2.45) is 0 Å². The van der Waals surface area contributed by atoms with Crippen molar-refractivity contribution in [2.45, 2.75) is 19.4 Å². The lowest BCUT2D eigenvalue weighted by Crippen LogP contribution is -2.30. The summed E-state index contributed by atoms with van der Waals surface area (Å²) in [5.74, 6) is 1.57. The molecule has 1 unspecified atom stereocenters. The van der Waals surface area contributed by atoms with E-state index in [4.69, 9.17) is 9.47 Å². The lowest BCUT2D eigenvalue weighted by Gasteiger charge is -2.25. The number of benzene rings is 2. The van der Waals surface area contributed by atoms with Gasteiger partial charge in [0.25, 0.3) is 0 Å². The van der Waals surface area contributed by atoms with E-state index in [9.17, 15) is 0 Å². The molecule has 4 nitrogen and oxygen atoms in total. The van der Waals surface area contributed by atoms with E-state index in [-0.39, 0.29) is 6.04 Å². The van der Waals surface area contributed by atoms with Crippen molar-refractivity contribution in [2.75, 3.05) is 20.3 Å². The summed E-state index contributed by atoms with van der Waals surface area (Å²) in [6.07, 6.45) is 1.05. The van der Waals surface area contributed by atoms with Crippen LogP contribution in [-0.4, -0.2) is 25.2 Å². The second kappa shape index (κ2) is 6.21. The number of rotatable bonds is 4. The summed E-state index contributed by atoms with van der Waals surface area (Å²) in [5, 5.41) is 4.96. The van der Waals surface area contributed by atoms with Crippen molar-refractivity contribution in [1.29, 1.82) is 0 Å². The number of H-pyrrole nitrogens is 1. The Labute approximate surface area is 141 Å². The van der Waals surface area contributed by atoms with Crippen LogP contribution in [0.3, 0.4) is 0 Å². The van der Waals surface area contributed by atoms with E-state index < -0.39 is 0 Å². The molecule has 0 saturated heterocycles. The van der Waals surface area contributed by atoms with Gasteiger partial charge < -0.3 is 19.8 Å². The summed E-state index contributed by atoms with van der Waals surface area (Å²) in [5.41, 5.74) is 5.06. The Balaban J connectivity index is 1.79. The van der Waals surface area contributed by atoms with Crippen LogP contribution in [0.1, 0.15) is 29.8 Å². The fraction of sp³-hybridized carbons (Fsp3) is 0.300. The van der Waals surface area contributed by atoms with Gasteiger partial charge >= 0.3 is 0 Å². The molecule has 24 heavy (non-hydrogen) atoms. The first-order valence-electron chi connectivity index (χ1n) is 8.45. The molecule has 124 valence electrons. The summed E-state index contributed by atoms with van der Waals surface area (Å²) < 4.78 is 11.1. The Bertz CT molecular complexity index is 869. The summed E-state index contributed by atoms with van der Waals surface area (Å²) in [4.78, 5) is 3.61.